The zero-order chi connectivity index (χ0) is 19.8. The Morgan fingerprint density at radius 1 is 1.25 bits per heavy atom. The molecule has 1 N–H and O–H groups in total. The van der Waals surface area contributed by atoms with Gasteiger partial charge in [-0.15, -0.1) is 11.8 Å². The van der Waals surface area contributed by atoms with E-state index in [9.17, 15) is 4.79 Å². The van der Waals surface area contributed by atoms with Crippen LogP contribution in [0, 0.1) is 11.8 Å². The van der Waals surface area contributed by atoms with E-state index >= 15 is 0 Å². The monoisotopic (exact) mass is 401 g/mol. The van der Waals surface area contributed by atoms with Gasteiger partial charge in [-0.3, -0.25) is 4.79 Å². The van der Waals surface area contributed by atoms with Crippen LogP contribution >= 0.6 is 11.8 Å². The van der Waals surface area contributed by atoms with Crippen molar-refractivity contribution in [1.82, 2.24) is 15.4 Å². The molecule has 2 unspecified atom stereocenters. The summed E-state index contributed by atoms with van der Waals surface area (Å²) in [6, 6.07) is 12.4. The van der Waals surface area contributed by atoms with Crippen molar-refractivity contribution in [3.05, 3.63) is 47.9 Å². The number of carbonyl (C=O) groups is 1. The van der Waals surface area contributed by atoms with Gasteiger partial charge in [0, 0.05) is 30.5 Å². The third kappa shape index (κ3) is 5.85. The molecule has 3 rings (SSSR count). The van der Waals surface area contributed by atoms with Crippen molar-refractivity contribution in [2.75, 3.05) is 26.2 Å². The lowest BCUT2D eigenvalue weighted by Gasteiger charge is -2.32. The van der Waals surface area contributed by atoms with E-state index < -0.39 is 0 Å². The number of carbonyl (C=O) groups excluding carboxylic acids is 1. The summed E-state index contributed by atoms with van der Waals surface area (Å²) < 4.78 is 5.55. The van der Waals surface area contributed by atoms with Crippen LogP contribution in [0.25, 0.3) is 0 Å². The molecule has 1 aromatic heterocycles. The van der Waals surface area contributed by atoms with Crippen molar-refractivity contribution in [3.63, 3.8) is 0 Å². The van der Waals surface area contributed by atoms with Gasteiger partial charge in [-0.25, -0.2) is 0 Å². The molecule has 6 heteroatoms. The van der Waals surface area contributed by atoms with Crippen molar-refractivity contribution >= 4 is 17.7 Å². The van der Waals surface area contributed by atoms with Crippen molar-refractivity contribution in [2.24, 2.45) is 11.8 Å². The van der Waals surface area contributed by atoms with Gasteiger partial charge in [0.15, 0.2) is 0 Å². The largest absolute Gasteiger partial charge is 0.360 e. The zero-order valence-electron chi connectivity index (χ0n) is 16.9. The fraction of sp³-hybridized carbons (Fsp3) is 0.545. The Kier molecular flexibility index (Phi) is 7.98. The van der Waals surface area contributed by atoms with E-state index in [0.29, 0.717) is 18.3 Å². The molecule has 152 valence electrons. The average molecular weight is 402 g/mol. The topological polar surface area (TPSA) is 58.4 Å². The lowest BCUT2D eigenvalue weighted by atomic mass is 9.81. The normalized spacial score (nSPS) is 19.5. The highest BCUT2D eigenvalue weighted by Gasteiger charge is 2.29. The van der Waals surface area contributed by atoms with Crippen LogP contribution in [-0.4, -0.2) is 42.1 Å². The maximum absolute atomic E-state index is 12.6. The minimum atomic E-state index is 0.280. The van der Waals surface area contributed by atoms with Crippen molar-refractivity contribution < 1.29 is 9.32 Å². The lowest BCUT2D eigenvalue weighted by molar-refractivity contribution is -0.132. The standard InChI is InChI=1S/C22H31N3O2S/c1-3-25(4-2)22(26)13-17-10-11-23-15-18(17)12-19-14-20(27-24-19)16-28-21-8-6-5-7-9-21/h5-9,14,17-18,23H,3-4,10-13,15-16H2,1-2H3. The highest BCUT2D eigenvalue weighted by atomic mass is 32.2. The summed E-state index contributed by atoms with van der Waals surface area (Å²) >= 11 is 1.75. The highest BCUT2D eigenvalue weighted by Crippen LogP contribution is 2.28. The number of nitrogens with one attached hydrogen (secondary N) is 1. The Morgan fingerprint density at radius 3 is 2.79 bits per heavy atom. The molecule has 1 saturated heterocycles. The summed E-state index contributed by atoms with van der Waals surface area (Å²) in [6.45, 7) is 7.60. The number of benzene rings is 1. The minimum Gasteiger partial charge on any atom is -0.360 e. The Hall–Kier alpha value is -1.79. The van der Waals surface area contributed by atoms with Gasteiger partial charge in [0.25, 0.3) is 0 Å². The van der Waals surface area contributed by atoms with Crippen LogP contribution in [-0.2, 0) is 17.0 Å². The van der Waals surface area contributed by atoms with Gasteiger partial charge < -0.3 is 14.7 Å². The Labute approximate surface area is 172 Å². The number of hydrogen-bond acceptors (Lipinski definition) is 5. The lowest BCUT2D eigenvalue weighted by Crippen LogP contribution is -2.41. The second-order valence-electron chi connectivity index (χ2n) is 7.37. The maximum Gasteiger partial charge on any atom is 0.222 e. The molecule has 2 heterocycles. The predicted molar refractivity (Wildman–Crippen MR) is 113 cm³/mol. The SMILES string of the molecule is CCN(CC)C(=O)CC1CCNCC1Cc1cc(CSc2ccccc2)on1. The zero-order valence-corrected chi connectivity index (χ0v) is 17.7. The van der Waals surface area contributed by atoms with Crippen molar-refractivity contribution in [3.8, 4) is 0 Å². The quantitative estimate of drug-likeness (QED) is 0.644. The summed E-state index contributed by atoms with van der Waals surface area (Å²) in [6.07, 6.45) is 2.55. The first-order chi connectivity index (χ1) is 13.7. The van der Waals surface area contributed by atoms with Crippen LogP contribution in [0.15, 0.2) is 45.8 Å². The smallest absolute Gasteiger partial charge is 0.222 e. The van der Waals surface area contributed by atoms with E-state index in [1.54, 1.807) is 11.8 Å². The summed E-state index contributed by atoms with van der Waals surface area (Å²) in [5.41, 5.74) is 0.998. The van der Waals surface area contributed by atoms with Gasteiger partial charge in [-0.2, -0.15) is 0 Å². The number of amides is 1. The number of aromatic nitrogens is 1. The maximum atomic E-state index is 12.6. The third-order valence-corrected chi connectivity index (χ3v) is 6.56. The fourth-order valence-electron chi connectivity index (χ4n) is 3.87. The van der Waals surface area contributed by atoms with E-state index in [0.717, 1.165) is 56.2 Å². The molecule has 1 aliphatic rings. The molecule has 28 heavy (non-hydrogen) atoms. The van der Waals surface area contributed by atoms with E-state index in [1.807, 2.05) is 36.9 Å². The second kappa shape index (κ2) is 10.7. The summed E-state index contributed by atoms with van der Waals surface area (Å²) in [5.74, 6) is 2.80. The number of piperidine rings is 1. The number of rotatable bonds is 9. The van der Waals surface area contributed by atoms with Crippen LogP contribution in [0.3, 0.4) is 0 Å². The van der Waals surface area contributed by atoms with E-state index in [2.05, 4.69) is 28.7 Å². The van der Waals surface area contributed by atoms with Crippen LogP contribution in [0.4, 0.5) is 0 Å². The van der Waals surface area contributed by atoms with E-state index in [4.69, 9.17) is 4.52 Å². The highest BCUT2D eigenvalue weighted by molar-refractivity contribution is 7.98. The molecule has 5 nitrogen and oxygen atoms in total. The average Bonchev–Trinajstić information content (AvgIpc) is 3.17. The van der Waals surface area contributed by atoms with Crippen LogP contribution in [0.2, 0.25) is 0 Å². The first-order valence-corrected chi connectivity index (χ1v) is 11.3. The first kappa shape index (κ1) is 20.9. The summed E-state index contributed by atoms with van der Waals surface area (Å²) in [5, 5.41) is 7.77. The van der Waals surface area contributed by atoms with Gasteiger partial charge in [-0.05, 0) is 63.7 Å². The molecule has 1 amide bonds. The van der Waals surface area contributed by atoms with Crippen molar-refractivity contribution in [1.29, 1.82) is 0 Å². The van der Waals surface area contributed by atoms with Gasteiger partial charge in [-0.1, -0.05) is 23.4 Å². The van der Waals surface area contributed by atoms with Crippen LogP contribution in [0.1, 0.15) is 38.1 Å². The number of nitrogens with zero attached hydrogens (tertiary/aromatic N) is 2. The number of thioether (sulfide) groups is 1. The van der Waals surface area contributed by atoms with Gasteiger partial charge in [0.2, 0.25) is 5.91 Å². The third-order valence-electron chi connectivity index (χ3n) is 5.52. The number of hydrogen-bond donors (Lipinski definition) is 1. The van der Waals surface area contributed by atoms with Crippen LogP contribution < -0.4 is 5.32 Å². The molecule has 2 aromatic rings. The summed E-state index contributed by atoms with van der Waals surface area (Å²) in [4.78, 5) is 15.7. The fourth-order valence-corrected chi connectivity index (χ4v) is 4.67. The second-order valence-corrected chi connectivity index (χ2v) is 8.42. The molecule has 0 spiro atoms. The Balaban J connectivity index is 1.55. The van der Waals surface area contributed by atoms with Gasteiger partial charge >= 0.3 is 0 Å². The molecule has 1 aromatic carbocycles. The predicted octanol–water partition coefficient (Wildman–Crippen LogP) is 3.99. The van der Waals surface area contributed by atoms with Crippen molar-refractivity contribution in [2.45, 2.75) is 43.8 Å². The molecule has 0 radical (unpaired) electrons. The molecular weight excluding hydrogens is 370 g/mol. The van der Waals surface area contributed by atoms with Crippen LogP contribution in [0.5, 0.6) is 0 Å². The summed E-state index contributed by atoms with van der Waals surface area (Å²) in [7, 11) is 0. The molecule has 2 atom stereocenters. The van der Waals surface area contributed by atoms with Gasteiger partial charge in [0.05, 0.1) is 11.4 Å². The Morgan fingerprint density at radius 2 is 2.04 bits per heavy atom. The molecule has 1 fully saturated rings. The molecule has 0 saturated carbocycles. The molecule has 1 aliphatic heterocycles. The molecule has 0 aliphatic carbocycles. The molecular formula is C22H31N3O2S. The molecule has 0 bridgehead atoms. The van der Waals surface area contributed by atoms with E-state index in [-0.39, 0.29) is 5.91 Å². The first-order valence-electron chi connectivity index (χ1n) is 10.3. The van der Waals surface area contributed by atoms with Gasteiger partial charge in [0.1, 0.15) is 5.76 Å². The Bertz CT molecular complexity index is 730. The minimum absolute atomic E-state index is 0.280. The van der Waals surface area contributed by atoms with E-state index in [1.165, 1.54) is 4.90 Å².